The van der Waals surface area contributed by atoms with Gasteiger partial charge in [-0.3, -0.25) is 4.79 Å². The maximum Gasteiger partial charge on any atom is 0.387 e. The standard InChI is InChI=1S/C12H15F2NO3/c13-12(14)18-10-6-2-1-5-9(10)11(17)15-7-3-4-8-16/h1-2,5-6,12,16H,3-4,7-8H2,(H,15,17). The molecule has 1 aromatic carbocycles. The number of amides is 1. The van der Waals surface area contributed by atoms with Crippen LogP contribution in [0, 0.1) is 0 Å². The molecule has 0 radical (unpaired) electrons. The number of unbranched alkanes of at least 4 members (excludes halogenated alkanes) is 1. The van der Waals surface area contributed by atoms with Gasteiger partial charge in [0.25, 0.3) is 5.91 Å². The summed E-state index contributed by atoms with van der Waals surface area (Å²) in [6.45, 7) is -2.53. The summed E-state index contributed by atoms with van der Waals surface area (Å²) in [5, 5.41) is 11.1. The van der Waals surface area contributed by atoms with Crippen LogP contribution >= 0.6 is 0 Å². The second-order valence-corrected chi connectivity index (χ2v) is 3.56. The van der Waals surface area contributed by atoms with Crippen molar-refractivity contribution >= 4 is 5.91 Å². The average molecular weight is 259 g/mol. The Morgan fingerprint density at radius 1 is 1.33 bits per heavy atom. The number of nitrogens with one attached hydrogen (secondary N) is 1. The van der Waals surface area contributed by atoms with Crippen molar-refractivity contribution in [1.82, 2.24) is 5.32 Å². The van der Waals surface area contributed by atoms with Crippen LogP contribution in [-0.2, 0) is 0 Å². The van der Waals surface area contributed by atoms with Crippen LogP contribution in [0.2, 0.25) is 0 Å². The molecule has 18 heavy (non-hydrogen) atoms. The molecule has 0 heterocycles. The molecule has 4 nitrogen and oxygen atoms in total. The number of ether oxygens (including phenoxy) is 1. The first-order chi connectivity index (χ1) is 8.65. The molecule has 0 aliphatic rings. The minimum Gasteiger partial charge on any atom is -0.434 e. The number of hydrogen-bond acceptors (Lipinski definition) is 3. The van der Waals surface area contributed by atoms with E-state index in [-0.39, 0.29) is 17.9 Å². The van der Waals surface area contributed by atoms with E-state index in [1.54, 1.807) is 6.07 Å². The molecule has 0 aromatic heterocycles. The molecular formula is C12H15F2NO3. The van der Waals surface area contributed by atoms with E-state index in [0.29, 0.717) is 19.4 Å². The molecule has 0 saturated carbocycles. The van der Waals surface area contributed by atoms with E-state index >= 15 is 0 Å². The van der Waals surface area contributed by atoms with Crippen molar-refractivity contribution in [2.45, 2.75) is 19.5 Å². The van der Waals surface area contributed by atoms with Crippen LogP contribution in [-0.4, -0.2) is 30.8 Å². The molecule has 0 atom stereocenters. The number of aliphatic hydroxyl groups excluding tert-OH is 1. The van der Waals surface area contributed by atoms with E-state index in [0.717, 1.165) is 0 Å². The molecule has 0 aliphatic carbocycles. The van der Waals surface area contributed by atoms with Crippen LogP contribution in [0.4, 0.5) is 8.78 Å². The number of benzene rings is 1. The molecule has 0 unspecified atom stereocenters. The number of hydrogen-bond donors (Lipinski definition) is 2. The Balaban J connectivity index is 2.61. The van der Waals surface area contributed by atoms with E-state index < -0.39 is 12.5 Å². The monoisotopic (exact) mass is 259 g/mol. The number of rotatable bonds is 7. The van der Waals surface area contributed by atoms with Gasteiger partial charge in [-0.25, -0.2) is 0 Å². The SMILES string of the molecule is O=C(NCCCCO)c1ccccc1OC(F)F. The molecule has 1 amide bonds. The second kappa shape index (κ2) is 7.60. The molecule has 2 N–H and O–H groups in total. The van der Waals surface area contributed by atoms with E-state index in [1.807, 2.05) is 0 Å². The molecule has 0 spiro atoms. The van der Waals surface area contributed by atoms with E-state index in [4.69, 9.17) is 5.11 Å². The molecule has 1 rings (SSSR count). The predicted molar refractivity (Wildman–Crippen MR) is 61.7 cm³/mol. The highest BCUT2D eigenvalue weighted by molar-refractivity contribution is 5.96. The average Bonchev–Trinajstić information content (AvgIpc) is 2.34. The van der Waals surface area contributed by atoms with E-state index in [9.17, 15) is 13.6 Å². The fourth-order valence-electron chi connectivity index (χ4n) is 1.39. The normalized spacial score (nSPS) is 10.4. The number of aliphatic hydroxyl groups is 1. The van der Waals surface area contributed by atoms with Gasteiger partial charge in [0.15, 0.2) is 0 Å². The van der Waals surface area contributed by atoms with Crippen LogP contribution < -0.4 is 10.1 Å². The highest BCUT2D eigenvalue weighted by Gasteiger charge is 2.14. The second-order valence-electron chi connectivity index (χ2n) is 3.56. The molecule has 0 saturated heterocycles. The van der Waals surface area contributed by atoms with Gasteiger partial charge in [-0.15, -0.1) is 0 Å². The van der Waals surface area contributed by atoms with Crippen molar-refractivity contribution in [2.24, 2.45) is 0 Å². The lowest BCUT2D eigenvalue weighted by molar-refractivity contribution is -0.0501. The van der Waals surface area contributed by atoms with Crippen molar-refractivity contribution in [1.29, 1.82) is 0 Å². The fraction of sp³-hybridized carbons (Fsp3) is 0.417. The van der Waals surface area contributed by atoms with E-state index in [1.165, 1.54) is 18.2 Å². The topological polar surface area (TPSA) is 58.6 Å². The minimum atomic E-state index is -2.96. The molecule has 0 aliphatic heterocycles. The number of alkyl halides is 2. The smallest absolute Gasteiger partial charge is 0.387 e. The van der Waals surface area contributed by atoms with Gasteiger partial charge in [-0.1, -0.05) is 12.1 Å². The predicted octanol–water partition coefficient (Wildman–Crippen LogP) is 1.79. The summed E-state index contributed by atoms with van der Waals surface area (Å²) in [4.78, 5) is 11.7. The van der Waals surface area contributed by atoms with Gasteiger partial charge in [-0.05, 0) is 25.0 Å². The first-order valence-electron chi connectivity index (χ1n) is 5.58. The third kappa shape index (κ3) is 4.67. The van der Waals surface area contributed by atoms with Gasteiger partial charge in [-0.2, -0.15) is 8.78 Å². The molecule has 0 fully saturated rings. The molecular weight excluding hydrogens is 244 g/mol. The summed E-state index contributed by atoms with van der Waals surface area (Å²) in [5.74, 6) is -0.614. The first-order valence-corrected chi connectivity index (χ1v) is 5.58. The molecule has 1 aromatic rings. The van der Waals surface area contributed by atoms with Crippen molar-refractivity contribution in [3.8, 4) is 5.75 Å². The first kappa shape index (κ1) is 14.4. The van der Waals surface area contributed by atoms with Crippen molar-refractivity contribution in [3.63, 3.8) is 0 Å². The Labute approximate surface area is 104 Å². The third-order valence-corrected chi connectivity index (χ3v) is 2.22. The Hall–Kier alpha value is -1.69. The van der Waals surface area contributed by atoms with Gasteiger partial charge < -0.3 is 15.2 Å². The maximum atomic E-state index is 12.1. The summed E-state index contributed by atoms with van der Waals surface area (Å²) in [6.07, 6.45) is 1.20. The Kier molecular flexibility index (Phi) is 6.07. The maximum absolute atomic E-state index is 12.1. The number of halogens is 2. The molecule has 6 heteroatoms. The van der Waals surface area contributed by atoms with E-state index in [2.05, 4.69) is 10.1 Å². The zero-order valence-corrected chi connectivity index (χ0v) is 9.73. The Morgan fingerprint density at radius 2 is 2.06 bits per heavy atom. The largest absolute Gasteiger partial charge is 0.434 e. The lowest BCUT2D eigenvalue weighted by Gasteiger charge is -2.10. The zero-order chi connectivity index (χ0) is 13.4. The summed E-state index contributed by atoms with van der Waals surface area (Å²) in [5.41, 5.74) is 0.0711. The van der Waals surface area contributed by atoms with Crippen LogP contribution in [0.1, 0.15) is 23.2 Å². The van der Waals surface area contributed by atoms with Crippen molar-refractivity contribution in [3.05, 3.63) is 29.8 Å². The summed E-state index contributed by atoms with van der Waals surface area (Å²) >= 11 is 0. The van der Waals surface area contributed by atoms with Crippen LogP contribution in [0.25, 0.3) is 0 Å². The number of carbonyl (C=O) groups excluding carboxylic acids is 1. The molecule has 100 valence electrons. The Bertz CT molecular complexity index is 385. The summed E-state index contributed by atoms with van der Waals surface area (Å²) in [6, 6.07) is 5.81. The van der Waals surface area contributed by atoms with Crippen LogP contribution in [0.5, 0.6) is 5.75 Å². The molecule has 0 bridgehead atoms. The Morgan fingerprint density at radius 3 is 2.72 bits per heavy atom. The lowest BCUT2D eigenvalue weighted by Crippen LogP contribution is -2.25. The van der Waals surface area contributed by atoms with Gasteiger partial charge in [0.05, 0.1) is 5.56 Å². The van der Waals surface area contributed by atoms with Gasteiger partial charge >= 0.3 is 6.61 Å². The van der Waals surface area contributed by atoms with Crippen molar-refractivity contribution in [2.75, 3.05) is 13.2 Å². The lowest BCUT2D eigenvalue weighted by atomic mass is 10.2. The number of carbonyl (C=O) groups is 1. The highest BCUT2D eigenvalue weighted by atomic mass is 19.3. The van der Waals surface area contributed by atoms with Crippen molar-refractivity contribution < 1.29 is 23.4 Å². The third-order valence-electron chi connectivity index (χ3n) is 2.22. The highest BCUT2D eigenvalue weighted by Crippen LogP contribution is 2.19. The van der Waals surface area contributed by atoms with Gasteiger partial charge in [0.2, 0.25) is 0 Å². The summed E-state index contributed by atoms with van der Waals surface area (Å²) < 4.78 is 28.5. The van der Waals surface area contributed by atoms with Gasteiger partial charge in [0, 0.05) is 13.2 Å². The minimum absolute atomic E-state index is 0.0565. The summed E-state index contributed by atoms with van der Waals surface area (Å²) in [7, 11) is 0. The van der Waals surface area contributed by atoms with Crippen LogP contribution in [0.15, 0.2) is 24.3 Å². The van der Waals surface area contributed by atoms with Gasteiger partial charge in [0.1, 0.15) is 5.75 Å². The number of para-hydroxylation sites is 1. The quantitative estimate of drug-likeness (QED) is 0.734. The van der Waals surface area contributed by atoms with Crippen LogP contribution in [0.3, 0.4) is 0 Å². The fourth-order valence-corrected chi connectivity index (χ4v) is 1.39. The zero-order valence-electron chi connectivity index (χ0n) is 9.73.